The van der Waals surface area contributed by atoms with Gasteiger partial charge in [-0.15, -0.1) is 0 Å². The molecule has 3 aromatic carbocycles. The predicted molar refractivity (Wildman–Crippen MR) is 142 cm³/mol. The molecule has 4 nitrogen and oxygen atoms in total. The van der Waals surface area contributed by atoms with E-state index in [1.165, 1.54) is 16.7 Å². The van der Waals surface area contributed by atoms with Crippen LogP contribution in [0, 0.1) is 19.8 Å². The fourth-order valence-electron chi connectivity index (χ4n) is 5.44. The van der Waals surface area contributed by atoms with Crippen LogP contribution in [0.1, 0.15) is 53.1 Å². The van der Waals surface area contributed by atoms with Crippen LogP contribution in [-0.4, -0.2) is 41.2 Å². The SMILES string of the molecule is Cc1ccc(C)c(C2=NN(C(=O)CN3CCC(Cc4ccccc4)CC3)C(c3ccccc3)C2)c1. The molecule has 3 aromatic rings. The summed E-state index contributed by atoms with van der Waals surface area (Å²) >= 11 is 0. The number of amides is 1. The molecule has 0 spiro atoms. The van der Waals surface area contributed by atoms with Gasteiger partial charge in [-0.1, -0.05) is 78.4 Å². The molecule has 0 saturated carbocycles. The fraction of sp³-hybridized carbons (Fsp3) is 0.355. The van der Waals surface area contributed by atoms with Crippen molar-refractivity contribution in [2.75, 3.05) is 19.6 Å². The van der Waals surface area contributed by atoms with Gasteiger partial charge < -0.3 is 0 Å². The van der Waals surface area contributed by atoms with Crippen molar-refractivity contribution in [1.29, 1.82) is 0 Å². The predicted octanol–water partition coefficient (Wildman–Crippen LogP) is 5.94. The molecule has 1 atom stereocenters. The zero-order chi connectivity index (χ0) is 24.2. The molecule has 0 radical (unpaired) electrons. The van der Waals surface area contributed by atoms with Crippen LogP contribution in [-0.2, 0) is 11.2 Å². The number of nitrogens with zero attached hydrogens (tertiary/aromatic N) is 3. The highest BCUT2D eigenvalue weighted by Crippen LogP contribution is 2.34. The summed E-state index contributed by atoms with van der Waals surface area (Å²) in [6.45, 7) is 6.61. The number of aryl methyl sites for hydroxylation is 2. The van der Waals surface area contributed by atoms with E-state index in [9.17, 15) is 4.79 Å². The Morgan fingerprint density at radius 2 is 1.60 bits per heavy atom. The van der Waals surface area contributed by atoms with Crippen LogP contribution < -0.4 is 0 Å². The number of rotatable bonds is 6. The van der Waals surface area contributed by atoms with Crippen LogP contribution in [0.5, 0.6) is 0 Å². The topological polar surface area (TPSA) is 35.9 Å². The molecule has 2 heterocycles. The molecule has 1 amide bonds. The monoisotopic (exact) mass is 465 g/mol. The van der Waals surface area contributed by atoms with Crippen LogP contribution in [0.2, 0.25) is 0 Å². The summed E-state index contributed by atoms with van der Waals surface area (Å²) < 4.78 is 0. The first-order valence-corrected chi connectivity index (χ1v) is 12.8. The van der Waals surface area contributed by atoms with Crippen molar-refractivity contribution < 1.29 is 4.79 Å². The summed E-state index contributed by atoms with van der Waals surface area (Å²) in [5.41, 5.74) is 7.14. The average molecular weight is 466 g/mol. The molecule has 180 valence electrons. The smallest absolute Gasteiger partial charge is 0.257 e. The lowest BCUT2D eigenvalue weighted by Gasteiger charge is -2.33. The summed E-state index contributed by atoms with van der Waals surface area (Å²) in [6.07, 6.45) is 4.16. The molecule has 1 unspecified atom stereocenters. The molecule has 0 aromatic heterocycles. The summed E-state index contributed by atoms with van der Waals surface area (Å²) in [6, 6.07) is 27.5. The Bertz CT molecular complexity index is 1180. The highest BCUT2D eigenvalue weighted by Gasteiger charge is 2.34. The maximum atomic E-state index is 13.6. The quantitative estimate of drug-likeness (QED) is 0.452. The molecule has 0 N–H and O–H groups in total. The summed E-state index contributed by atoms with van der Waals surface area (Å²) in [4.78, 5) is 15.9. The molecular weight excluding hydrogens is 430 g/mol. The molecule has 2 aliphatic rings. The Hall–Kier alpha value is -3.24. The van der Waals surface area contributed by atoms with Gasteiger partial charge in [0.25, 0.3) is 5.91 Å². The van der Waals surface area contributed by atoms with E-state index in [0.29, 0.717) is 12.5 Å². The molecule has 1 saturated heterocycles. The Morgan fingerprint density at radius 1 is 0.914 bits per heavy atom. The molecule has 1 fully saturated rings. The van der Waals surface area contributed by atoms with Crippen LogP contribution in [0.3, 0.4) is 0 Å². The maximum absolute atomic E-state index is 13.6. The van der Waals surface area contributed by atoms with Gasteiger partial charge in [0.1, 0.15) is 0 Å². The number of hydrogen-bond acceptors (Lipinski definition) is 3. The number of carbonyl (C=O) groups is 1. The number of carbonyl (C=O) groups excluding carboxylic acids is 1. The van der Waals surface area contributed by atoms with Crippen LogP contribution in [0.25, 0.3) is 0 Å². The van der Waals surface area contributed by atoms with Gasteiger partial charge in [0.2, 0.25) is 0 Å². The molecule has 5 rings (SSSR count). The van der Waals surface area contributed by atoms with Gasteiger partial charge >= 0.3 is 0 Å². The van der Waals surface area contributed by atoms with Crippen LogP contribution in [0.15, 0.2) is 84.0 Å². The van der Waals surface area contributed by atoms with Gasteiger partial charge in [-0.2, -0.15) is 5.10 Å². The van der Waals surface area contributed by atoms with Gasteiger partial charge in [-0.3, -0.25) is 9.69 Å². The van der Waals surface area contributed by atoms with Gasteiger partial charge in [0, 0.05) is 12.0 Å². The third-order valence-electron chi connectivity index (χ3n) is 7.49. The Kier molecular flexibility index (Phi) is 7.10. The number of likely N-dealkylation sites (tertiary alicyclic amines) is 1. The van der Waals surface area contributed by atoms with E-state index in [-0.39, 0.29) is 11.9 Å². The normalized spacial score (nSPS) is 19.1. The van der Waals surface area contributed by atoms with Gasteiger partial charge in [-0.25, -0.2) is 5.01 Å². The van der Waals surface area contributed by atoms with E-state index in [1.54, 1.807) is 5.01 Å². The van der Waals surface area contributed by atoms with Crippen molar-refractivity contribution in [3.63, 3.8) is 0 Å². The van der Waals surface area contributed by atoms with Crippen LogP contribution in [0.4, 0.5) is 0 Å². The Balaban J connectivity index is 1.28. The first-order chi connectivity index (χ1) is 17.1. The molecule has 0 aliphatic carbocycles. The highest BCUT2D eigenvalue weighted by atomic mass is 16.2. The van der Waals surface area contributed by atoms with Crippen molar-refractivity contribution in [1.82, 2.24) is 9.91 Å². The summed E-state index contributed by atoms with van der Waals surface area (Å²) in [5.74, 6) is 0.794. The third-order valence-corrected chi connectivity index (χ3v) is 7.49. The second kappa shape index (κ2) is 10.6. The molecule has 4 heteroatoms. The minimum atomic E-state index is -0.0470. The maximum Gasteiger partial charge on any atom is 0.257 e. The first-order valence-electron chi connectivity index (χ1n) is 12.8. The van der Waals surface area contributed by atoms with E-state index in [1.807, 2.05) is 18.2 Å². The number of hydrogen-bond donors (Lipinski definition) is 0. The van der Waals surface area contributed by atoms with Crippen molar-refractivity contribution in [2.24, 2.45) is 11.0 Å². The van der Waals surface area contributed by atoms with Crippen molar-refractivity contribution in [3.05, 3.63) is 107 Å². The lowest BCUT2D eigenvalue weighted by molar-refractivity contribution is -0.134. The first kappa shape index (κ1) is 23.5. The van der Waals surface area contributed by atoms with E-state index < -0.39 is 0 Å². The van der Waals surface area contributed by atoms with Gasteiger partial charge in [-0.05, 0) is 74.9 Å². The standard InChI is InChI=1S/C31H35N3O/c1-23-13-14-24(2)28(19-23)29-21-30(27-11-7-4-8-12-27)34(32-29)31(35)22-33-17-15-26(16-18-33)20-25-9-5-3-6-10-25/h3-14,19,26,30H,15-18,20-22H2,1-2H3. The molecule has 35 heavy (non-hydrogen) atoms. The number of benzene rings is 3. The van der Waals surface area contributed by atoms with E-state index in [0.717, 1.165) is 55.6 Å². The van der Waals surface area contributed by atoms with Crippen molar-refractivity contribution in [2.45, 2.75) is 45.6 Å². The molecule has 0 bridgehead atoms. The van der Waals surface area contributed by atoms with Gasteiger partial charge in [0.05, 0.1) is 18.3 Å². The Morgan fingerprint density at radius 3 is 2.31 bits per heavy atom. The zero-order valence-electron chi connectivity index (χ0n) is 20.9. The molecular formula is C31H35N3O. The van der Waals surface area contributed by atoms with Gasteiger partial charge in [0.15, 0.2) is 0 Å². The number of piperidine rings is 1. The van der Waals surface area contributed by atoms with E-state index >= 15 is 0 Å². The zero-order valence-corrected chi connectivity index (χ0v) is 20.9. The average Bonchev–Trinajstić information content (AvgIpc) is 3.33. The van der Waals surface area contributed by atoms with E-state index in [4.69, 9.17) is 5.10 Å². The summed E-state index contributed by atoms with van der Waals surface area (Å²) in [5, 5.41) is 6.69. The third kappa shape index (κ3) is 5.54. The minimum Gasteiger partial charge on any atom is -0.294 e. The molecule has 2 aliphatic heterocycles. The number of hydrazone groups is 1. The van der Waals surface area contributed by atoms with Crippen molar-refractivity contribution in [3.8, 4) is 0 Å². The Labute approximate surface area is 209 Å². The largest absolute Gasteiger partial charge is 0.294 e. The lowest BCUT2D eigenvalue weighted by atomic mass is 9.90. The highest BCUT2D eigenvalue weighted by molar-refractivity contribution is 6.04. The summed E-state index contributed by atoms with van der Waals surface area (Å²) in [7, 11) is 0. The van der Waals surface area contributed by atoms with Crippen LogP contribution >= 0.6 is 0 Å². The minimum absolute atomic E-state index is 0.0470. The van der Waals surface area contributed by atoms with E-state index in [2.05, 4.69) is 79.4 Å². The second-order valence-corrected chi connectivity index (χ2v) is 10.1. The second-order valence-electron chi connectivity index (χ2n) is 10.1. The lowest BCUT2D eigenvalue weighted by Crippen LogP contribution is -2.42. The fourth-order valence-corrected chi connectivity index (χ4v) is 5.44. The van der Waals surface area contributed by atoms with Crippen molar-refractivity contribution >= 4 is 11.6 Å².